The second kappa shape index (κ2) is 4.90. The van der Waals surface area contributed by atoms with E-state index in [0.29, 0.717) is 6.04 Å². The summed E-state index contributed by atoms with van der Waals surface area (Å²) in [6.07, 6.45) is 2.59. The van der Waals surface area contributed by atoms with E-state index in [2.05, 4.69) is 30.0 Å². The van der Waals surface area contributed by atoms with Crippen molar-refractivity contribution in [3.63, 3.8) is 0 Å². The summed E-state index contributed by atoms with van der Waals surface area (Å²) in [7, 11) is 1.72. The number of benzene rings is 1. The molecule has 0 radical (unpaired) electrons. The lowest BCUT2D eigenvalue weighted by atomic mass is 9.84. The highest BCUT2D eigenvalue weighted by Gasteiger charge is 2.36. The van der Waals surface area contributed by atoms with Crippen LogP contribution in [0.2, 0.25) is 0 Å². The minimum Gasteiger partial charge on any atom is -0.497 e. The standard InChI is InChI=1S/C15H21NO2/c1-3-16-8-9-18-15-13-10-12(17-2)6-4-11(13)5-7-14(15)16/h4,6,10,14-15H,3,5,7-9H2,1-2H3/t14-,15?/m1/s1. The number of rotatable bonds is 2. The Balaban J connectivity index is 1.95. The lowest BCUT2D eigenvalue weighted by molar-refractivity contribution is -0.0784. The van der Waals surface area contributed by atoms with Crippen molar-refractivity contribution in [3.05, 3.63) is 29.3 Å². The number of methoxy groups -OCH3 is 1. The molecule has 3 heteroatoms. The molecule has 0 spiro atoms. The van der Waals surface area contributed by atoms with Crippen molar-refractivity contribution in [2.24, 2.45) is 0 Å². The van der Waals surface area contributed by atoms with E-state index in [1.54, 1.807) is 7.11 Å². The molecule has 0 amide bonds. The van der Waals surface area contributed by atoms with E-state index >= 15 is 0 Å². The third kappa shape index (κ3) is 1.91. The maximum Gasteiger partial charge on any atom is 0.119 e. The Morgan fingerprint density at radius 2 is 2.33 bits per heavy atom. The maximum atomic E-state index is 6.04. The van der Waals surface area contributed by atoms with E-state index in [4.69, 9.17) is 9.47 Å². The quantitative estimate of drug-likeness (QED) is 0.801. The van der Waals surface area contributed by atoms with Gasteiger partial charge < -0.3 is 9.47 Å². The molecule has 1 aromatic carbocycles. The Hall–Kier alpha value is -1.06. The largest absolute Gasteiger partial charge is 0.497 e. The monoisotopic (exact) mass is 247 g/mol. The molecule has 2 atom stereocenters. The van der Waals surface area contributed by atoms with Crippen molar-refractivity contribution >= 4 is 0 Å². The van der Waals surface area contributed by atoms with Gasteiger partial charge in [0.25, 0.3) is 0 Å². The molecule has 0 bridgehead atoms. The topological polar surface area (TPSA) is 21.7 Å². The van der Waals surface area contributed by atoms with Gasteiger partial charge in [0.2, 0.25) is 0 Å². The van der Waals surface area contributed by atoms with E-state index in [-0.39, 0.29) is 6.10 Å². The third-order valence-electron chi connectivity index (χ3n) is 4.27. The molecule has 98 valence electrons. The zero-order valence-electron chi connectivity index (χ0n) is 11.2. The van der Waals surface area contributed by atoms with Crippen LogP contribution in [0.4, 0.5) is 0 Å². The normalized spacial score (nSPS) is 27.4. The summed E-state index contributed by atoms with van der Waals surface area (Å²) >= 11 is 0. The molecule has 0 N–H and O–H groups in total. The molecule has 2 aliphatic rings. The molecule has 0 aromatic heterocycles. The van der Waals surface area contributed by atoms with E-state index in [9.17, 15) is 0 Å². The van der Waals surface area contributed by atoms with Gasteiger partial charge in [0.1, 0.15) is 5.75 Å². The van der Waals surface area contributed by atoms with Gasteiger partial charge in [-0.2, -0.15) is 0 Å². The highest BCUT2D eigenvalue weighted by atomic mass is 16.5. The predicted octanol–water partition coefficient (Wildman–Crippen LogP) is 2.40. The first-order chi connectivity index (χ1) is 8.83. The Labute approximate surface area is 109 Å². The summed E-state index contributed by atoms with van der Waals surface area (Å²) in [5.41, 5.74) is 2.76. The second-order valence-electron chi connectivity index (χ2n) is 5.09. The fourth-order valence-corrected chi connectivity index (χ4v) is 3.28. The number of morpholine rings is 1. The Bertz CT molecular complexity index is 433. The molecule has 18 heavy (non-hydrogen) atoms. The number of nitrogens with zero attached hydrogens (tertiary/aromatic N) is 1. The van der Waals surface area contributed by atoms with Crippen molar-refractivity contribution < 1.29 is 9.47 Å². The third-order valence-corrected chi connectivity index (χ3v) is 4.27. The Kier molecular flexibility index (Phi) is 3.27. The van der Waals surface area contributed by atoms with Gasteiger partial charge >= 0.3 is 0 Å². The van der Waals surface area contributed by atoms with Gasteiger partial charge in [-0.15, -0.1) is 0 Å². The van der Waals surface area contributed by atoms with E-state index in [0.717, 1.165) is 31.9 Å². The minimum absolute atomic E-state index is 0.234. The number of ether oxygens (including phenoxy) is 2. The zero-order chi connectivity index (χ0) is 12.5. The zero-order valence-corrected chi connectivity index (χ0v) is 11.2. The van der Waals surface area contributed by atoms with Gasteiger partial charge in [-0.05, 0) is 42.6 Å². The number of aryl methyl sites for hydroxylation is 1. The molecule has 1 unspecified atom stereocenters. The summed E-state index contributed by atoms with van der Waals surface area (Å²) in [6, 6.07) is 6.95. The van der Waals surface area contributed by atoms with Crippen LogP contribution in [0.3, 0.4) is 0 Å². The predicted molar refractivity (Wildman–Crippen MR) is 71.0 cm³/mol. The summed E-state index contributed by atoms with van der Waals surface area (Å²) in [5.74, 6) is 0.937. The van der Waals surface area contributed by atoms with Gasteiger partial charge in [-0.1, -0.05) is 13.0 Å². The second-order valence-corrected chi connectivity index (χ2v) is 5.09. The summed E-state index contributed by atoms with van der Waals surface area (Å²) < 4.78 is 11.4. The van der Waals surface area contributed by atoms with Crippen molar-refractivity contribution in [1.82, 2.24) is 4.90 Å². The lowest BCUT2D eigenvalue weighted by Crippen LogP contribution is -2.48. The van der Waals surface area contributed by atoms with Crippen molar-refractivity contribution in [1.29, 1.82) is 0 Å². The van der Waals surface area contributed by atoms with Crippen LogP contribution in [0.25, 0.3) is 0 Å². The fraction of sp³-hybridized carbons (Fsp3) is 0.600. The molecule has 1 aliphatic carbocycles. The van der Waals surface area contributed by atoms with Crippen LogP contribution in [0.15, 0.2) is 18.2 Å². The smallest absolute Gasteiger partial charge is 0.119 e. The van der Waals surface area contributed by atoms with Gasteiger partial charge in [-0.25, -0.2) is 0 Å². The van der Waals surface area contributed by atoms with Crippen molar-refractivity contribution in [2.45, 2.75) is 31.9 Å². The van der Waals surface area contributed by atoms with Crippen LogP contribution in [-0.4, -0.2) is 37.7 Å². The Morgan fingerprint density at radius 1 is 1.44 bits per heavy atom. The van der Waals surface area contributed by atoms with E-state index < -0.39 is 0 Å². The van der Waals surface area contributed by atoms with Gasteiger partial charge in [-0.3, -0.25) is 4.90 Å². The molecule has 0 saturated carbocycles. The average molecular weight is 247 g/mol. The van der Waals surface area contributed by atoms with Crippen LogP contribution in [-0.2, 0) is 11.2 Å². The number of hydrogen-bond donors (Lipinski definition) is 0. The van der Waals surface area contributed by atoms with Gasteiger partial charge in [0.15, 0.2) is 0 Å². The molecular formula is C15H21NO2. The SMILES string of the molecule is CCN1CCOC2c3cc(OC)ccc3CC[C@H]21. The highest BCUT2D eigenvalue weighted by molar-refractivity contribution is 5.40. The van der Waals surface area contributed by atoms with Gasteiger partial charge in [0, 0.05) is 12.6 Å². The molecule has 1 fully saturated rings. The Morgan fingerprint density at radius 3 is 3.11 bits per heavy atom. The van der Waals surface area contributed by atoms with E-state index in [1.165, 1.54) is 17.5 Å². The molecule has 1 heterocycles. The van der Waals surface area contributed by atoms with Crippen LogP contribution in [0, 0.1) is 0 Å². The van der Waals surface area contributed by atoms with Gasteiger partial charge in [0.05, 0.1) is 19.8 Å². The van der Waals surface area contributed by atoms with Crippen molar-refractivity contribution in [3.8, 4) is 5.75 Å². The van der Waals surface area contributed by atoms with E-state index in [1.807, 2.05) is 0 Å². The van der Waals surface area contributed by atoms with Crippen LogP contribution in [0.5, 0.6) is 5.75 Å². The summed E-state index contributed by atoms with van der Waals surface area (Å²) in [6.45, 7) is 5.26. The first-order valence-corrected chi connectivity index (χ1v) is 6.86. The molecule has 1 saturated heterocycles. The summed E-state index contributed by atoms with van der Waals surface area (Å²) in [5, 5.41) is 0. The molecule has 3 nitrogen and oxygen atoms in total. The molecular weight excluding hydrogens is 226 g/mol. The summed E-state index contributed by atoms with van der Waals surface area (Å²) in [4.78, 5) is 2.55. The van der Waals surface area contributed by atoms with Crippen LogP contribution in [0.1, 0.15) is 30.6 Å². The van der Waals surface area contributed by atoms with Crippen LogP contribution < -0.4 is 4.74 Å². The number of fused-ring (bicyclic) bond motifs is 3. The first kappa shape index (κ1) is 12.0. The molecule has 3 rings (SSSR count). The number of hydrogen-bond acceptors (Lipinski definition) is 3. The fourth-order valence-electron chi connectivity index (χ4n) is 3.28. The highest BCUT2D eigenvalue weighted by Crippen LogP contribution is 2.39. The molecule has 1 aliphatic heterocycles. The first-order valence-electron chi connectivity index (χ1n) is 6.86. The number of likely N-dealkylation sites (N-methyl/N-ethyl adjacent to an activating group) is 1. The van der Waals surface area contributed by atoms with Crippen LogP contribution >= 0.6 is 0 Å². The minimum atomic E-state index is 0.234. The maximum absolute atomic E-state index is 6.04. The molecule has 1 aromatic rings. The average Bonchev–Trinajstić information content (AvgIpc) is 2.45. The van der Waals surface area contributed by atoms with Crippen molar-refractivity contribution in [2.75, 3.05) is 26.8 Å². The lowest BCUT2D eigenvalue weighted by Gasteiger charge is -2.44.